The molecule has 0 aliphatic carbocycles. The Morgan fingerprint density at radius 3 is 2.84 bits per heavy atom. The van der Waals surface area contributed by atoms with Crippen LogP contribution in [0.4, 0.5) is 0 Å². The molecule has 0 saturated carbocycles. The van der Waals surface area contributed by atoms with E-state index in [0.29, 0.717) is 18.3 Å². The summed E-state index contributed by atoms with van der Waals surface area (Å²) < 4.78 is 10.5. The molecule has 1 aliphatic heterocycles. The molecule has 0 radical (unpaired) electrons. The van der Waals surface area contributed by atoms with Gasteiger partial charge in [0.2, 0.25) is 17.6 Å². The van der Waals surface area contributed by atoms with Gasteiger partial charge in [-0.2, -0.15) is 4.98 Å². The Labute approximate surface area is 186 Å². The van der Waals surface area contributed by atoms with Crippen LogP contribution in [-0.4, -0.2) is 41.1 Å². The molecule has 2 aromatic carbocycles. The van der Waals surface area contributed by atoms with E-state index in [4.69, 9.17) is 20.9 Å². The summed E-state index contributed by atoms with van der Waals surface area (Å²) >= 11 is 6.29. The van der Waals surface area contributed by atoms with Crippen molar-refractivity contribution in [3.63, 3.8) is 0 Å². The number of methoxy groups -OCH3 is 1. The Kier molecular flexibility index (Phi) is 6.84. The van der Waals surface area contributed by atoms with E-state index in [0.717, 1.165) is 47.8 Å². The van der Waals surface area contributed by atoms with E-state index in [-0.39, 0.29) is 18.4 Å². The van der Waals surface area contributed by atoms with Crippen LogP contribution in [0.25, 0.3) is 11.4 Å². The van der Waals surface area contributed by atoms with Gasteiger partial charge in [0.15, 0.2) is 0 Å². The smallest absolute Gasteiger partial charge is 0.246 e. The largest absolute Gasteiger partial charge is 0.497 e. The first-order valence-corrected chi connectivity index (χ1v) is 10.7. The molecule has 0 bridgehead atoms. The van der Waals surface area contributed by atoms with Crippen LogP contribution < -0.4 is 10.1 Å². The van der Waals surface area contributed by atoms with Crippen LogP contribution in [0.2, 0.25) is 5.02 Å². The number of piperidine rings is 1. The third-order valence-corrected chi connectivity index (χ3v) is 5.83. The van der Waals surface area contributed by atoms with Gasteiger partial charge in [0.25, 0.3) is 0 Å². The van der Waals surface area contributed by atoms with Crippen LogP contribution in [0.5, 0.6) is 5.75 Å². The van der Waals surface area contributed by atoms with Crippen molar-refractivity contribution in [2.45, 2.75) is 25.9 Å². The van der Waals surface area contributed by atoms with Crippen molar-refractivity contribution in [1.82, 2.24) is 20.4 Å². The summed E-state index contributed by atoms with van der Waals surface area (Å²) in [5.41, 5.74) is 1.91. The number of likely N-dealkylation sites (tertiary alicyclic amines) is 1. The Morgan fingerprint density at radius 2 is 2.06 bits per heavy atom. The fourth-order valence-electron chi connectivity index (χ4n) is 3.77. The number of amides is 1. The number of aromatic nitrogens is 2. The number of ether oxygens (including phenoxy) is 1. The summed E-state index contributed by atoms with van der Waals surface area (Å²) in [7, 11) is 1.62. The van der Waals surface area contributed by atoms with Crippen molar-refractivity contribution < 1.29 is 14.1 Å². The highest BCUT2D eigenvalue weighted by molar-refractivity contribution is 6.31. The summed E-state index contributed by atoms with van der Waals surface area (Å²) in [5, 5.41) is 7.70. The third kappa shape index (κ3) is 5.42. The lowest BCUT2D eigenvalue weighted by Crippen LogP contribution is -2.42. The Balaban J connectivity index is 1.30. The summed E-state index contributed by atoms with van der Waals surface area (Å²) in [4.78, 5) is 19.4. The van der Waals surface area contributed by atoms with Crippen LogP contribution in [0.15, 0.2) is 53.1 Å². The van der Waals surface area contributed by atoms with Gasteiger partial charge in [-0.15, -0.1) is 0 Å². The highest BCUT2D eigenvalue weighted by atomic mass is 35.5. The first kappa shape index (κ1) is 21.3. The topological polar surface area (TPSA) is 80.5 Å². The quantitative estimate of drug-likeness (QED) is 0.599. The number of hydrogen-bond donors (Lipinski definition) is 1. The summed E-state index contributed by atoms with van der Waals surface area (Å²) in [6, 6.07) is 15.2. The number of nitrogens with zero attached hydrogens (tertiary/aromatic N) is 3. The zero-order valence-electron chi connectivity index (χ0n) is 17.4. The molecular formula is C23H25ClN4O3. The average Bonchev–Trinajstić information content (AvgIpc) is 3.28. The molecule has 1 N–H and O–H groups in total. The molecule has 3 aromatic rings. The number of carbonyl (C=O) groups excluding carboxylic acids is 1. The van der Waals surface area contributed by atoms with Gasteiger partial charge in [-0.25, -0.2) is 0 Å². The van der Waals surface area contributed by atoms with E-state index in [1.54, 1.807) is 7.11 Å². The van der Waals surface area contributed by atoms with Crippen molar-refractivity contribution >= 4 is 17.5 Å². The number of nitrogens with one attached hydrogen (secondary N) is 1. The maximum atomic E-state index is 12.7. The van der Waals surface area contributed by atoms with Gasteiger partial charge in [-0.05, 0) is 55.3 Å². The summed E-state index contributed by atoms with van der Waals surface area (Å²) in [5.74, 6) is 1.56. The van der Waals surface area contributed by atoms with Crippen molar-refractivity contribution in [2.75, 3.05) is 20.2 Å². The van der Waals surface area contributed by atoms with Gasteiger partial charge < -0.3 is 14.6 Å². The van der Waals surface area contributed by atoms with Crippen molar-refractivity contribution in [3.05, 3.63) is 65.0 Å². The SMILES string of the molecule is COc1ccc(-c2noc(CNC(=O)[C@@H]3CCCN(Cc4ccccc4Cl)C3)n2)cc1. The highest BCUT2D eigenvalue weighted by Gasteiger charge is 2.26. The zero-order valence-corrected chi connectivity index (χ0v) is 18.1. The zero-order chi connectivity index (χ0) is 21.6. The van der Waals surface area contributed by atoms with Gasteiger partial charge in [-0.3, -0.25) is 9.69 Å². The Bertz CT molecular complexity index is 1020. The van der Waals surface area contributed by atoms with Crippen molar-refractivity contribution in [2.24, 2.45) is 5.92 Å². The first-order valence-electron chi connectivity index (χ1n) is 10.3. The normalized spacial score (nSPS) is 16.8. The fourth-order valence-corrected chi connectivity index (χ4v) is 3.97. The van der Waals surface area contributed by atoms with Crippen LogP contribution in [0, 0.1) is 5.92 Å². The highest BCUT2D eigenvalue weighted by Crippen LogP contribution is 2.23. The van der Waals surface area contributed by atoms with E-state index >= 15 is 0 Å². The van der Waals surface area contributed by atoms with Gasteiger partial charge >= 0.3 is 0 Å². The van der Waals surface area contributed by atoms with E-state index in [9.17, 15) is 4.79 Å². The molecule has 2 heterocycles. The third-order valence-electron chi connectivity index (χ3n) is 5.46. The molecule has 1 fully saturated rings. The van der Waals surface area contributed by atoms with Gasteiger partial charge in [0.1, 0.15) is 5.75 Å². The standard InChI is InChI=1S/C23H25ClN4O3/c1-30-19-10-8-16(9-11-19)22-26-21(31-27-22)13-25-23(29)18-6-4-12-28(15-18)14-17-5-2-3-7-20(17)24/h2-3,5,7-11,18H,4,6,12-15H2,1H3,(H,25,29)/t18-/m1/s1. The Hall–Kier alpha value is -2.90. The lowest BCUT2D eigenvalue weighted by Gasteiger charge is -2.32. The average molecular weight is 441 g/mol. The molecule has 31 heavy (non-hydrogen) atoms. The minimum absolute atomic E-state index is 0.00746. The predicted octanol–water partition coefficient (Wildman–Crippen LogP) is 3.93. The fraction of sp³-hybridized carbons (Fsp3) is 0.348. The molecule has 0 unspecified atom stereocenters. The van der Waals surface area contributed by atoms with Crippen LogP contribution in [0.1, 0.15) is 24.3 Å². The molecule has 162 valence electrons. The molecule has 1 aromatic heterocycles. The van der Waals surface area contributed by atoms with Crippen LogP contribution in [0.3, 0.4) is 0 Å². The van der Waals surface area contributed by atoms with Crippen molar-refractivity contribution in [1.29, 1.82) is 0 Å². The second-order valence-electron chi connectivity index (χ2n) is 7.62. The van der Waals surface area contributed by atoms with Gasteiger partial charge in [-0.1, -0.05) is 35.0 Å². The molecule has 1 amide bonds. The second-order valence-corrected chi connectivity index (χ2v) is 8.03. The number of benzene rings is 2. The molecule has 8 heteroatoms. The van der Waals surface area contributed by atoms with Gasteiger partial charge in [0.05, 0.1) is 19.6 Å². The lowest BCUT2D eigenvalue weighted by atomic mass is 9.96. The van der Waals surface area contributed by atoms with E-state index in [2.05, 4.69) is 20.4 Å². The summed E-state index contributed by atoms with van der Waals surface area (Å²) in [6.45, 7) is 2.63. The van der Waals surface area contributed by atoms with Crippen LogP contribution >= 0.6 is 11.6 Å². The second kappa shape index (κ2) is 9.94. The summed E-state index contributed by atoms with van der Waals surface area (Å²) in [6.07, 6.45) is 1.84. The lowest BCUT2D eigenvalue weighted by molar-refractivity contribution is -0.127. The van der Waals surface area contributed by atoms with E-state index in [1.807, 2.05) is 48.5 Å². The number of rotatable bonds is 7. The molecule has 1 saturated heterocycles. The maximum Gasteiger partial charge on any atom is 0.246 e. The first-order chi connectivity index (χ1) is 15.1. The molecule has 4 rings (SSSR count). The van der Waals surface area contributed by atoms with Crippen molar-refractivity contribution in [3.8, 4) is 17.1 Å². The van der Waals surface area contributed by atoms with Gasteiger partial charge in [0, 0.05) is 23.7 Å². The Morgan fingerprint density at radius 1 is 1.26 bits per heavy atom. The molecule has 0 spiro atoms. The van der Waals surface area contributed by atoms with Crippen LogP contribution in [-0.2, 0) is 17.9 Å². The number of halogens is 1. The number of carbonyl (C=O) groups is 1. The monoisotopic (exact) mass is 440 g/mol. The molecule has 7 nitrogen and oxygen atoms in total. The predicted molar refractivity (Wildman–Crippen MR) is 118 cm³/mol. The minimum Gasteiger partial charge on any atom is -0.497 e. The van der Waals surface area contributed by atoms with E-state index in [1.165, 1.54) is 0 Å². The molecular weight excluding hydrogens is 416 g/mol. The molecule has 1 aliphatic rings. The maximum absolute atomic E-state index is 12.7. The molecule has 1 atom stereocenters. The minimum atomic E-state index is -0.0692. The number of hydrogen-bond acceptors (Lipinski definition) is 6. The van der Waals surface area contributed by atoms with E-state index < -0.39 is 0 Å².